The number of rotatable bonds is 6. The van der Waals surface area contributed by atoms with Crippen LogP contribution in [0.15, 0.2) is 212 Å². The van der Waals surface area contributed by atoms with E-state index in [1.807, 2.05) is 0 Å². The first-order chi connectivity index (χ1) is 29.5. The zero-order valence-electron chi connectivity index (χ0n) is 33.7. The number of aromatic nitrogens is 1. The number of hydrogen-bond donors (Lipinski definition) is 0. The Kier molecular flexibility index (Phi) is 7.68. The molecule has 1 unspecified atom stereocenters. The highest BCUT2D eigenvalue weighted by molar-refractivity contribution is 6.10. The van der Waals surface area contributed by atoms with Crippen LogP contribution in [0.5, 0.6) is 0 Å². The highest BCUT2D eigenvalue weighted by atomic mass is 15.1. The Balaban J connectivity index is 1.03. The third-order valence-electron chi connectivity index (χ3n) is 13.3. The molecule has 60 heavy (non-hydrogen) atoms. The van der Waals surface area contributed by atoms with Crippen molar-refractivity contribution in [3.05, 3.63) is 240 Å². The molecular formula is C58H42N2. The maximum atomic E-state index is 2.45. The third-order valence-corrected chi connectivity index (χ3v) is 13.3. The summed E-state index contributed by atoms with van der Waals surface area (Å²) in [6.07, 6.45) is 0. The second kappa shape index (κ2) is 13.3. The van der Waals surface area contributed by atoms with Gasteiger partial charge in [0.15, 0.2) is 0 Å². The molecule has 12 rings (SSSR count). The largest absolute Gasteiger partial charge is 0.310 e. The van der Waals surface area contributed by atoms with E-state index in [0.29, 0.717) is 0 Å². The van der Waals surface area contributed by atoms with Crippen LogP contribution < -0.4 is 4.90 Å². The van der Waals surface area contributed by atoms with Gasteiger partial charge in [-0.25, -0.2) is 0 Å². The number of nitrogens with zero attached hydrogens (tertiary/aromatic N) is 2. The Bertz CT molecular complexity index is 3280. The Morgan fingerprint density at radius 3 is 1.83 bits per heavy atom. The van der Waals surface area contributed by atoms with Gasteiger partial charge in [-0.3, -0.25) is 0 Å². The Morgan fingerprint density at radius 2 is 1.00 bits per heavy atom. The average molecular weight is 767 g/mol. The van der Waals surface area contributed by atoms with Crippen molar-refractivity contribution in [2.45, 2.75) is 25.2 Å². The van der Waals surface area contributed by atoms with E-state index in [9.17, 15) is 0 Å². The first kappa shape index (κ1) is 34.6. The third kappa shape index (κ3) is 5.20. The monoisotopic (exact) mass is 766 g/mol. The first-order valence-corrected chi connectivity index (χ1v) is 21.0. The lowest BCUT2D eigenvalue weighted by molar-refractivity contribution is 0.660. The topological polar surface area (TPSA) is 8.17 Å². The summed E-state index contributed by atoms with van der Waals surface area (Å²) in [5, 5.41) is 2.49. The zero-order valence-corrected chi connectivity index (χ0v) is 33.7. The molecule has 2 aliphatic rings. The maximum absolute atomic E-state index is 2.45. The summed E-state index contributed by atoms with van der Waals surface area (Å²) < 4.78 is 2.41. The summed E-state index contributed by atoms with van der Waals surface area (Å²) in [6.45, 7) is 4.69. The summed E-state index contributed by atoms with van der Waals surface area (Å²) in [5.74, 6) is 0.152. The molecule has 0 saturated carbocycles. The molecule has 1 heterocycles. The predicted octanol–water partition coefficient (Wildman–Crippen LogP) is 15.4. The van der Waals surface area contributed by atoms with Crippen molar-refractivity contribution in [1.29, 1.82) is 0 Å². The van der Waals surface area contributed by atoms with Crippen LogP contribution in [-0.4, -0.2) is 4.57 Å². The van der Waals surface area contributed by atoms with Crippen molar-refractivity contribution in [2.75, 3.05) is 4.90 Å². The van der Waals surface area contributed by atoms with Gasteiger partial charge in [0.2, 0.25) is 0 Å². The van der Waals surface area contributed by atoms with Crippen molar-refractivity contribution in [2.24, 2.45) is 0 Å². The van der Waals surface area contributed by atoms with Gasteiger partial charge < -0.3 is 9.47 Å². The summed E-state index contributed by atoms with van der Waals surface area (Å²) in [7, 11) is 0. The highest BCUT2D eigenvalue weighted by Crippen LogP contribution is 2.52. The molecule has 1 atom stereocenters. The van der Waals surface area contributed by atoms with E-state index in [2.05, 4.69) is 236 Å². The molecule has 0 spiro atoms. The molecule has 9 aromatic carbocycles. The fraction of sp³-hybridized carbons (Fsp3) is 0.0690. The Labute approximate surface area is 351 Å². The van der Waals surface area contributed by atoms with Gasteiger partial charge in [-0.2, -0.15) is 0 Å². The van der Waals surface area contributed by atoms with Crippen molar-refractivity contribution >= 4 is 38.9 Å². The van der Waals surface area contributed by atoms with Gasteiger partial charge in [0.25, 0.3) is 0 Å². The lowest BCUT2D eigenvalue weighted by atomic mass is 9.82. The minimum absolute atomic E-state index is 0.0150. The Morgan fingerprint density at radius 1 is 0.400 bits per heavy atom. The molecular weight excluding hydrogens is 725 g/mol. The second-order valence-electron chi connectivity index (χ2n) is 16.9. The van der Waals surface area contributed by atoms with E-state index in [4.69, 9.17) is 0 Å². The summed E-state index contributed by atoms with van der Waals surface area (Å²) in [4.78, 5) is 2.45. The van der Waals surface area contributed by atoms with E-state index < -0.39 is 0 Å². The number of anilines is 3. The minimum Gasteiger partial charge on any atom is -0.310 e. The molecule has 284 valence electrons. The van der Waals surface area contributed by atoms with Gasteiger partial charge in [0.05, 0.1) is 11.0 Å². The van der Waals surface area contributed by atoms with Crippen LogP contribution >= 0.6 is 0 Å². The molecule has 0 aliphatic heterocycles. The van der Waals surface area contributed by atoms with Gasteiger partial charge in [-0.05, 0) is 122 Å². The highest BCUT2D eigenvalue weighted by Gasteiger charge is 2.35. The lowest BCUT2D eigenvalue weighted by Gasteiger charge is -2.27. The van der Waals surface area contributed by atoms with Crippen molar-refractivity contribution in [3.63, 3.8) is 0 Å². The van der Waals surface area contributed by atoms with Crippen LogP contribution in [0.2, 0.25) is 0 Å². The fourth-order valence-corrected chi connectivity index (χ4v) is 10.4. The van der Waals surface area contributed by atoms with E-state index in [1.165, 1.54) is 83.0 Å². The second-order valence-corrected chi connectivity index (χ2v) is 16.9. The summed E-state index contributed by atoms with van der Waals surface area (Å²) in [6, 6.07) is 78.6. The molecule has 0 saturated heterocycles. The quantitative estimate of drug-likeness (QED) is 0.164. The molecule has 2 aliphatic carbocycles. The molecule has 0 N–H and O–H groups in total. The number of fused-ring (bicyclic) bond motifs is 9. The first-order valence-electron chi connectivity index (χ1n) is 21.0. The van der Waals surface area contributed by atoms with Crippen molar-refractivity contribution < 1.29 is 0 Å². The van der Waals surface area contributed by atoms with Crippen LogP contribution in [-0.2, 0) is 5.41 Å². The van der Waals surface area contributed by atoms with Crippen LogP contribution in [0.1, 0.15) is 47.6 Å². The SMILES string of the molecule is CC1(C)c2ccccc2-c2cc(-c3ccc(N(c4ccc5c(c4)C(c4ccccc4)c4ccccc4-5)c4ccc5c6ccccc6n(-c6ccccc6)c5c4)cc3)ccc21. The minimum atomic E-state index is -0.0150. The number of para-hydroxylation sites is 2. The summed E-state index contributed by atoms with van der Waals surface area (Å²) in [5.41, 5.74) is 21.4. The van der Waals surface area contributed by atoms with E-state index in [-0.39, 0.29) is 11.3 Å². The smallest absolute Gasteiger partial charge is 0.0561 e. The molecule has 0 radical (unpaired) electrons. The molecule has 2 heteroatoms. The number of hydrogen-bond acceptors (Lipinski definition) is 1. The zero-order chi connectivity index (χ0) is 40.0. The molecule has 10 aromatic rings. The van der Waals surface area contributed by atoms with Crippen LogP contribution in [0.4, 0.5) is 17.1 Å². The lowest BCUT2D eigenvalue weighted by Crippen LogP contribution is -2.14. The van der Waals surface area contributed by atoms with Gasteiger partial charge >= 0.3 is 0 Å². The predicted molar refractivity (Wildman–Crippen MR) is 251 cm³/mol. The summed E-state index contributed by atoms with van der Waals surface area (Å²) >= 11 is 0. The van der Waals surface area contributed by atoms with Crippen LogP contribution in [0.3, 0.4) is 0 Å². The normalized spacial score (nSPS) is 14.5. The number of benzene rings is 9. The van der Waals surface area contributed by atoms with Gasteiger partial charge in [0, 0.05) is 44.9 Å². The standard InChI is InChI=1S/C58H42N2/c1-58(2)53-23-13-11-20-47(53)51-35-40(27-34-54(51)58)38-25-28-42(29-26-38)59(43-30-32-46-45-19-9-10-22-50(45)57(52(46)36-43)39-15-5-3-6-16-39)44-31-33-49-48-21-12-14-24-55(48)60(56(49)37-44)41-17-7-4-8-18-41/h3-37,57H,1-2H3. The Hall–Kier alpha value is -7.42. The van der Waals surface area contributed by atoms with Gasteiger partial charge in [-0.1, -0.05) is 166 Å². The maximum Gasteiger partial charge on any atom is 0.0561 e. The van der Waals surface area contributed by atoms with Crippen molar-refractivity contribution in [1.82, 2.24) is 4.57 Å². The van der Waals surface area contributed by atoms with Crippen LogP contribution in [0, 0.1) is 0 Å². The van der Waals surface area contributed by atoms with Gasteiger partial charge in [0.1, 0.15) is 0 Å². The van der Waals surface area contributed by atoms with E-state index >= 15 is 0 Å². The molecule has 0 bridgehead atoms. The fourth-order valence-electron chi connectivity index (χ4n) is 10.4. The molecule has 0 fully saturated rings. The van der Waals surface area contributed by atoms with Crippen LogP contribution in [0.25, 0.3) is 60.9 Å². The van der Waals surface area contributed by atoms with E-state index in [0.717, 1.165) is 22.7 Å². The molecule has 1 aromatic heterocycles. The average Bonchev–Trinajstić information content (AvgIpc) is 3.89. The molecule has 0 amide bonds. The van der Waals surface area contributed by atoms with Gasteiger partial charge in [-0.15, -0.1) is 0 Å². The van der Waals surface area contributed by atoms with E-state index in [1.54, 1.807) is 0 Å². The molecule has 2 nitrogen and oxygen atoms in total. The van der Waals surface area contributed by atoms with Crippen molar-refractivity contribution in [3.8, 4) is 39.1 Å².